The van der Waals surface area contributed by atoms with Crippen molar-refractivity contribution in [2.45, 2.75) is 38.8 Å². The van der Waals surface area contributed by atoms with Crippen molar-refractivity contribution in [2.75, 3.05) is 0 Å². The number of thiophene rings is 1. The van der Waals surface area contributed by atoms with Crippen molar-refractivity contribution in [2.24, 2.45) is 0 Å². The number of halogens is 1. The molecule has 2 aromatic heterocycles. The molecule has 1 atom stereocenters. The molecule has 1 unspecified atom stereocenters. The average molecular weight is 337 g/mol. The Balaban J connectivity index is 1.69. The summed E-state index contributed by atoms with van der Waals surface area (Å²) >= 11 is 5.49. The van der Waals surface area contributed by atoms with Crippen molar-refractivity contribution in [3.8, 4) is 0 Å². The largest absolute Gasteiger partial charge is 0.306 e. The molecule has 19 heavy (non-hydrogen) atoms. The Morgan fingerprint density at radius 1 is 1.47 bits per heavy atom. The number of aryl methyl sites for hydroxylation is 2. The first-order valence-corrected chi connectivity index (χ1v) is 8.26. The van der Waals surface area contributed by atoms with E-state index in [1.807, 2.05) is 24.5 Å². The first-order valence-electron chi connectivity index (χ1n) is 6.65. The van der Waals surface area contributed by atoms with Gasteiger partial charge in [0.25, 0.3) is 0 Å². The lowest BCUT2D eigenvalue weighted by atomic mass is 9.94. The normalized spacial score (nSPS) is 18.3. The lowest BCUT2D eigenvalue weighted by molar-refractivity contribution is 0.463. The van der Waals surface area contributed by atoms with Gasteiger partial charge in [-0.25, -0.2) is 0 Å². The quantitative estimate of drug-likeness (QED) is 0.899. The van der Waals surface area contributed by atoms with Gasteiger partial charge in [-0.05, 0) is 65.4 Å². The third kappa shape index (κ3) is 3.07. The van der Waals surface area contributed by atoms with Crippen molar-refractivity contribution in [1.82, 2.24) is 10.3 Å². The molecule has 1 aliphatic rings. The van der Waals surface area contributed by atoms with Crippen LogP contribution in [0, 0.1) is 6.92 Å². The van der Waals surface area contributed by atoms with E-state index in [-0.39, 0.29) is 0 Å². The zero-order chi connectivity index (χ0) is 13.2. The van der Waals surface area contributed by atoms with Gasteiger partial charge in [0, 0.05) is 29.4 Å². The molecule has 0 spiro atoms. The van der Waals surface area contributed by atoms with Crippen LogP contribution in [-0.2, 0) is 13.0 Å². The van der Waals surface area contributed by atoms with E-state index < -0.39 is 0 Å². The number of aromatic nitrogens is 1. The van der Waals surface area contributed by atoms with E-state index in [0.717, 1.165) is 12.2 Å². The molecular formula is C15H17BrN2S. The highest BCUT2D eigenvalue weighted by atomic mass is 79.9. The maximum atomic E-state index is 4.35. The van der Waals surface area contributed by atoms with Gasteiger partial charge in [0.2, 0.25) is 0 Å². The lowest BCUT2D eigenvalue weighted by Gasteiger charge is -2.23. The summed E-state index contributed by atoms with van der Waals surface area (Å²) in [7, 11) is 0. The third-order valence-corrected chi connectivity index (χ3v) is 5.32. The summed E-state index contributed by atoms with van der Waals surface area (Å²) in [6.45, 7) is 2.92. The van der Waals surface area contributed by atoms with Crippen molar-refractivity contribution in [1.29, 1.82) is 0 Å². The molecular weight excluding hydrogens is 320 g/mol. The average Bonchev–Trinajstić information content (AvgIpc) is 2.79. The Kier molecular flexibility index (Phi) is 4.01. The molecule has 0 bridgehead atoms. The van der Waals surface area contributed by atoms with Gasteiger partial charge >= 0.3 is 0 Å². The van der Waals surface area contributed by atoms with Gasteiger partial charge in [-0.1, -0.05) is 6.07 Å². The Bertz CT molecular complexity index is 562. The van der Waals surface area contributed by atoms with Crippen molar-refractivity contribution in [3.05, 3.63) is 49.9 Å². The highest BCUT2D eigenvalue weighted by Gasteiger charge is 2.22. The highest BCUT2D eigenvalue weighted by Crippen LogP contribution is 2.37. The van der Waals surface area contributed by atoms with Crippen LogP contribution in [0.1, 0.15) is 40.6 Å². The molecule has 100 valence electrons. The molecule has 0 aromatic carbocycles. The van der Waals surface area contributed by atoms with Crippen LogP contribution in [0.15, 0.2) is 28.2 Å². The van der Waals surface area contributed by atoms with Crippen LogP contribution < -0.4 is 5.32 Å². The predicted octanol–water partition coefficient (Wildman–Crippen LogP) is 4.38. The number of fused-ring (bicyclic) bond motifs is 1. The van der Waals surface area contributed by atoms with Gasteiger partial charge in [0.05, 0.1) is 3.79 Å². The second kappa shape index (κ2) is 5.73. The Hall–Kier alpha value is -0.710. The van der Waals surface area contributed by atoms with E-state index in [4.69, 9.17) is 0 Å². The molecule has 0 radical (unpaired) electrons. The summed E-state index contributed by atoms with van der Waals surface area (Å²) in [6, 6.07) is 7.00. The topological polar surface area (TPSA) is 24.9 Å². The van der Waals surface area contributed by atoms with Crippen LogP contribution in [0.25, 0.3) is 0 Å². The number of pyridine rings is 1. The van der Waals surface area contributed by atoms with Crippen molar-refractivity contribution >= 4 is 27.3 Å². The summed E-state index contributed by atoms with van der Waals surface area (Å²) in [5, 5.41) is 3.67. The van der Waals surface area contributed by atoms with Crippen LogP contribution in [0.3, 0.4) is 0 Å². The fraction of sp³-hybridized carbons (Fsp3) is 0.400. The minimum Gasteiger partial charge on any atom is -0.306 e. The molecule has 0 saturated carbocycles. The zero-order valence-corrected chi connectivity index (χ0v) is 13.4. The molecule has 4 heteroatoms. The van der Waals surface area contributed by atoms with Gasteiger partial charge in [-0.3, -0.25) is 4.98 Å². The lowest BCUT2D eigenvalue weighted by Crippen LogP contribution is -2.23. The van der Waals surface area contributed by atoms with E-state index >= 15 is 0 Å². The minimum atomic E-state index is 0.493. The van der Waals surface area contributed by atoms with Crippen LogP contribution >= 0.6 is 27.3 Å². The first-order chi connectivity index (χ1) is 9.22. The van der Waals surface area contributed by atoms with Crippen molar-refractivity contribution in [3.63, 3.8) is 0 Å². The molecule has 0 aliphatic heterocycles. The van der Waals surface area contributed by atoms with E-state index in [1.165, 1.54) is 39.1 Å². The second-order valence-corrected chi connectivity index (χ2v) is 7.58. The van der Waals surface area contributed by atoms with Gasteiger partial charge < -0.3 is 5.32 Å². The number of hydrogen-bond donors (Lipinski definition) is 1. The third-order valence-electron chi connectivity index (χ3n) is 3.61. The van der Waals surface area contributed by atoms with Crippen LogP contribution in [0.4, 0.5) is 0 Å². The molecule has 2 heterocycles. The van der Waals surface area contributed by atoms with E-state index in [9.17, 15) is 0 Å². The fourth-order valence-electron chi connectivity index (χ4n) is 2.58. The van der Waals surface area contributed by atoms with Gasteiger partial charge in [0.15, 0.2) is 0 Å². The van der Waals surface area contributed by atoms with E-state index in [2.05, 4.69) is 44.4 Å². The van der Waals surface area contributed by atoms with E-state index in [0.29, 0.717) is 6.04 Å². The van der Waals surface area contributed by atoms with Gasteiger partial charge in [-0.2, -0.15) is 0 Å². The number of rotatable bonds is 3. The maximum absolute atomic E-state index is 4.35. The molecule has 0 fully saturated rings. The van der Waals surface area contributed by atoms with Crippen LogP contribution in [0.2, 0.25) is 0 Å². The first kappa shape index (κ1) is 13.3. The highest BCUT2D eigenvalue weighted by molar-refractivity contribution is 9.11. The maximum Gasteiger partial charge on any atom is 0.0704 e. The standard InChI is InChI=1S/C15H17BrN2S/c1-10-5-6-11(8-17-10)9-18-13-3-2-4-14-12(13)7-15(16)19-14/h5-8,13,18H,2-4,9H2,1H3. The van der Waals surface area contributed by atoms with Crippen LogP contribution in [-0.4, -0.2) is 4.98 Å². The Morgan fingerprint density at radius 3 is 3.16 bits per heavy atom. The van der Waals surface area contributed by atoms with Gasteiger partial charge in [0.1, 0.15) is 0 Å². The molecule has 2 aromatic rings. The number of nitrogens with one attached hydrogen (secondary N) is 1. The van der Waals surface area contributed by atoms with E-state index in [1.54, 1.807) is 0 Å². The Labute approximate surface area is 126 Å². The molecule has 1 aliphatic carbocycles. The molecule has 2 nitrogen and oxygen atoms in total. The molecule has 3 rings (SSSR count). The smallest absolute Gasteiger partial charge is 0.0704 e. The monoisotopic (exact) mass is 336 g/mol. The SMILES string of the molecule is Cc1ccc(CNC2CCCc3sc(Br)cc32)cn1. The van der Waals surface area contributed by atoms with Gasteiger partial charge in [-0.15, -0.1) is 11.3 Å². The molecule has 1 N–H and O–H groups in total. The summed E-state index contributed by atoms with van der Waals surface area (Å²) < 4.78 is 1.25. The minimum absolute atomic E-state index is 0.493. The summed E-state index contributed by atoms with van der Waals surface area (Å²) in [5.41, 5.74) is 3.82. The molecule has 0 saturated heterocycles. The number of hydrogen-bond acceptors (Lipinski definition) is 3. The number of nitrogens with zero attached hydrogens (tertiary/aromatic N) is 1. The Morgan fingerprint density at radius 2 is 2.37 bits per heavy atom. The second-order valence-electron chi connectivity index (χ2n) is 5.06. The summed E-state index contributed by atoms with van der Waals surface area (Å²) in [6.07, 6.45) is 5.71. The molecule has 0 amide bonds. The van der Waals surface area contributed by atoms with Crippen LogP contribution in [0.5, 0.6) is 0 Å². The zero-order valence-electron chi connectivity index (χ0n) is 10.9. The predicted molar refractivity (Wildman–Crippen MR) is 83.5 cm³/mol. The summed E-state index contributed by atoms with van der Waals surface area (Å²) in [5.74, 6) is 0. The fourth-order valence-corrected chi connectivity index (χ4v) is 4.40. The summed E-state index contributed by atoms with van der Waals surface area (Å²) in [4.78, 5) is 5.89. The van der Waals surface area contributed by atoms with Crippen molar-refractivity contribution < 1.29 is 0 Å².